The van der Waals surface area contributed by atoms with E-state index in [-0.39, 0.29) is 23.0 Å². The van der Waals surface area contributed by atoms with Crippen molar-refractivity contribution >= 4 is 5.52 Å². The highest BCUT2D eigenvalue weighted by Gasteiger charge is 2.33. The van der Waals surface area contributed by atoms with Gasteiger partial charge < -0.3 is 14.7 Å². The highest BCUT2D eigenvalue weighted by molar-refractivity contribution is 5.42. The maximum atomic E-state index is 12.7. The lowest BCUT2D eigenvalue weighted by Gasteiger charge is -2.21. The molecule has 0 aromatic carbocycles. The van der Waals surface area contributed by atoms with Crippen molar-refractivity contribution in [2.45, 2.75) is 38.1 Å². The quantitative estimate of drug-likeness (QED) is 0.670. The highest BCUT2D eigenvalue weighted by Crippen LogP contribution is 2.31. The Balaban J connectivity index is 1.42. The van der Waals surface area contributed by atoms with Crippen LogP contribution in [-0.4, -0.2) is 55.8 Å². The Hall–Kier alpha value is -2.78. The van der Waals surface area contributed by atoms with E-state index in [4.69, 9.17) is 9.84 Å². The number of pyridine rings is 1. The average molecular weight is 410 g/mol. The number of aromatic amines is 2. The standard InChI is InChI=1S/C21H26N6O3/c1-13-10-26(11-15-3-2-4-18(28)23-15)12-16(13)19-24-21(29)17-9-22-20(27(17)25-19)14-5-7-30-8-6-14/h2-4,9,13-14,16H,5-8,10-12H2,1H3,(H,23,28)(H,24,25,29). The Morgan fingerprint density at radius 2 is 2.00 bits per heavy atom. The Morgan fingerprint density at radius 1 is 1.17 bits per heavy atom. The zero-order valence-corrected chi connectivity index (χ0v) is 17.0. The van der Waals surface area contributed by atoms with Gasteiger partial charge in [0.2, 0.25) is 5.56 Å². The Morgan fingerprint density at radius 3 is 2.80 bits per heavy atom. The molecule has 158 valence electrons. The van der Waals surface area contributed by atoms with Crippen LogP contribution in [0.25, 0.3) is 5.52 Å². The molecule has 2 aliphatic heterocycles. The third kappa shape index (κ3) is 3.59. The predicted octanol–water partition coefficient (Wildman–Crippen LogP) is 1.24. The third-order valence-corrected chi connectivity index (χ3v) is 6.29. The van der Waals surface area contributed by atoms with E-state index in [1.807, 2.05) is 6.07 Å². The summed E-state index contributed by atoms with van der Waals surface area (Å²) in [4.78, 5) is 37.0. The lowest BCUT2D eigenvalue weighted by Crippen LogP contribution is -2.24. The van der Waals surface area contributed by atoms with Gasteiger partial charge in [-0.15, -0.1) is 0 Å². The first-order chi connectivity index (χ1) is 14.6. The highest BCUT2D eigenvalue weighted by atomic mass is 16.5. The first-order valence-electron chi connectivity index (χ1n) is 10.5. The zero-order valence-electron chi connectivity index (χ0n) is 17.0. The summed E-state index contributed by atoms with van der Waals surface area (Å²) in [6.07, 6.45) is 3.41. The average Bonchev–Trinajstić information content (AvgIpc) is 3.32. The maximum Gasteiger partial charge on any atom is 0.276 e. The van der Waals surface area contributed by atoms with Crippen LogP contribution in [0, 0.1) is 5.92 Å². The lowest BCUT2D eigenvalue weighted by molar-refractivity contribution is 0.0832. The largest absolute Gasteiger partial charge is 0.381 e. The van der Waals surface area contributed by atoms with Crippen molar-refractivity contribution in [1.29, 1.82) is 0 Å². The molecule has 0 radical (unpaired) electrons. The van der Waals surface area contributed by atoms with Crippen molar-refractivity contribution in [3.63, 3.8) is 0 Å². The molecule has 0 amide bonds. The first kappa shape index (κ1) is 19.2. The fourth-order valence-corrected chi connectivity index (χ4v) is 4.71. The molecular formula is C21H26N6O3. The topological polar surface area (TPSA) is 108 Å². The van der Waals surface area contributed by atoms with Crippen LogP contribution >= 0.6 is 0 Å². The molecule has 2 unspecified atom stereocenters. The van der Waals surface area contributed by atoms with Crippen LogP contribution in [0.1, 0.15) is 48.9 Å². The minimum absolute atomic E-state index is 0.0894. The van der Waals surface area contributed by atoms with Crippen LogP contribution in [0.4, 0.5) is 0 Å². The van der Waals surface area contributed by atoms with Gasteiger partial charge in [0.25, 0.3) is 5.56 Å². The van der Waals surface area contributed by atoms with Crippen molar-refractivity contribution in [2.24, 2.45) is 5.92 Å². The summed E-state index contributed by atoms with van der Waals surface area (Å²) in [5.74, 6) is 2.26. The van der Waals surface area contributed by atoms with Gasteiger partial charge in [0, 0.05) is 56.4 Å². The molecule has 0 spiro atoms. The fraction of sp³-hybridized carbons (Fsp3) is 0.524. The third-order valence-electron chi connectivity index (χ3n) is 6.29. The normalized spacial score (nSPS) is 23.4. The number of H-pyrrole nitrogens is 2. The van der Waals surface area contributed by atoms with Gasteiger partial charge in [-0.05, 0) is 24.8 Å². The Labute approximate surface area is 173 Å². The summed E-state index contributed by atoms with van der Waals surface area (Å²) in [6.45, 7) is 5.92. The zero-order chi connectivity index (χ0) is 20.7. The molecule has 3 aromatic heterocycles. The molecular weight excluding hydrogens is 384 g/mol. The molecule has 0 aliphatic carbocycles. The molecule has 0 bridgehead atoms. The molecule has 5 rings (SSSR count). The molecule has 2 N–H and O–H groups in total. The predicted molar refractivity (Wildman–Crippen MR) is 111 cm³/mol. The molecule has 3 aromatic rings. The molecule has 2 atom stereocenters. The second kappa shape index (κ2) is 7.81. The van der Waals surface area contributed by atoms with E-state index in [9.17, 15) is 9.59 Å². The minimum atomic E-state index is -0.149. The number of hydrogen-bond donors (Lipinski definition) is 2. The number of hydrogen-bond acceptors (Lipinski definition) is 6. The summed E-state index contributed by atoms with van der Waals surface area (Å²) in [5, 5.41) is 4.83. The molecule has 5 heterocycles. The summed E-state index contributed by atoms with van der Waals surface area (Å²) in [6, 6.07) is 5.22. The number of aromatic nitrogens is 5. The maximum absolute atomic E-state index is 12.7. The van der Waals surface area contributed by atoms with Gasteiger partial charge in [-0.25, -0.2) is 9.50 Å². The number of rotatable bonds is 4. The van der Waals surface area contributed by atoms with E-state index < -0.39 is 0 Å². The molecule has 0 saturated carbocycles. The smallest absolute Gasteiger partial charge is 0.276 e. The van der Waals surface area contributed by atoms with Crippen molar-refractivity contribution < 1.29 is 4.74 Å². The van der Waals surface area contributed by atoms with Crippen LogP contribution in [0.3, 0.4) is 0 Å². The second-order valence-electron chi connectivity index (χ2n) is 8.46. The minimum Gasteiger partial charge on any atom is -0.381 e. The summed E-state index contributed by atoms with van der Waals surface area (Å²) >= 11 is 0. The van der Waals surface area contributed by atoms with Gasteiger partial charge >= 0.3 is 0 Å². The molecule has 2 fully saturated rings. The van der Waals surface area contributed by atoms with E-state index >= 15 is 0 Å². The van der Waals surface area contributed by atoms with Gasteiger partial charge in [0.1, 0.15) is 11.6 Å². The van der Waals surface area contributed by atoms with E-state index in [1.54, 1.807) is 16.8 Å². The summed E-state index contributed by atoms with van der Waals surface area (Å²) in [7, 11) is 0. The van der Waals surface area contributed by atoms with Gasteiger partial charge in [-0.2, -0.15) is 5.10 Å². The van der Waals surface area contributed by atoms with Crippen LogP contribution in [0.15, 0.2) is 34.0 Å². The number of ether oxygens (including phenoxy) is 1. The first-order valence-corrected chi connectivity index (χ1v) is 10.5. The van der Waals surface area contributed by atoms with Crippen LogP contribution in [0.2, 0.25) is 0 Å². The Kier molecular flexibility index (Phi) is 5.00. The van der Waals surface area contributed by atoms with E-state index in [1.165, 1.54) is 6.07 Å². The number of nitrogens with zero attached hydrogens (tertiary/aromatic N) is 4. The van der Waals surface area contributed by atoms with E-state index in [2.05, 4.69) is 26.8 Å². The lowest BCUT2D eigenvalue weighted by atomic mass is 9.97. The molecule has 9 heteroatoms. The Bertz CT molecular complexity index is 1160. The SMILES string of the molecule is CC1CN(Cc2cccc(=O)[nH]2)CC1c1nn2c(C3CCOCC3)ncc2c(=O)[nH]1. The number of imidazole rings is 1. The molecule has 9 nitrogen and oxygen atoms in total. The molecule has 2 saturated heterocycles. The van der Waals surface area contributed by atoms with Crippen molar-refractivity contribution in [1.82, 2.24) is 29.5 Å². The summed E-state index contributed by atoms with van der Waals surface area (Å²) < 4.78 is 7.21. The van der Waals surface area contributed by atoms with Gasteiger partial charge in [0.15, 0.2) is 5.52 Å². The van der Waals surface area contributed by atoms with Gasteiger partial charge in [-0.1, -0.05) is 13.0 Å². The molecule has 2 aliphatic rings. The van der Waals surface area contributed by atoms with Crippen LogP contribution in [0.5, 0.6) is 0 Å². The van der Waals surface area contributed by atoms with Crippen molar-refractivity contribution in [2.75, 3.05) is 26.3 Å². The van der Waals surface area contributed by atoms with Gasteiger partial charge in [-0.3, -0.25) is 14.5 Å². The van der Waals surface area contributed by atoms with E-state index in [0.29, 0.717) is 37.0 Å². The number of likely N-dealkylation sites (tertiary alicyclic amines) is 1. The second-order valence-corrected chi connectivity index (χ2v) is 8.46. The van der Waals surface area contributed by atoms with Crippen LogP contribution in [-0.2, 0) is 11.3 Å². The monoisotopic (exact) mass is 410 g/mol. The summed E-state index contributed by atoms with van der Waals surface area (Å²) in [5.41, 5.74) is 1.14. The fourth-order valence-electron chi connectivity index (χ4n) is 4.71. The van der Waals surface area contributed by atoms with E-state index in [0.717, 1.165) is 37.4 Å². The van der Waals surface area contributed by atoms with Crippen molar-refractivity contribution in [3.05, 3.63) is 62.4 Å². The van der Waals surface area contributed by atoms with Gasteiger partial charge in [0.05, 0.1) is 6.20 Å². The van der Waals surface area contributed by atoms with Crippen molar-refractivity contribution in [3.8, 4) is 0 Å². The van der Waals surface area contributed by atoms with Crippen LogP contribution < -0.4 is 11.1 Å². The number of nitrogens with one attached hydrogen (secondary N) is 2. The number of fused-ring (bicyclic) bond motifs is 1. The molecule has 30 heavy (non-hydrogen) atoms.